The number of ether oxygens (including phenoxy) is 1. The molecule has 0 spiro atoms. The standard InChI is InChI=1S/C9H16N4O2/c1-3-15-7-4-12-13(5-7)6(2)8(10)9(11)14/h4-6,8H,3,10H2,1-2H3,(H2,11,14). The van der Waals surface area contributed by atoms with Crippen LogP contribution in [0.4, 0.5) is 0 Å². The van der Waals surface area contributed by atoms with E-state index in [1.165, 1.54) is 0 Å². The van der Waals surface area contributed by atoms with E-state index in [-0.39, 0.29) is 6.04 Å². The number of primary amides is 1. The zero-order valence-corrected chi connectivity index (χ0v) is 8.88. The van der Waals surface area contributed by atoms with E-state index in [4.69, 9.17) is 16.2 Å². The number of hydrogen-bond donors (Lipinski definition) is 2. The first kappa shape index (κ1) is 11.5. The summed E-state index contributed by atoms with van der Waals surface area (Å²) in [6.07, 6.45) is 3.27. The first-order chi connectivity index (χ1) is 7.06. The van der Waals surface area contributed by atoms with Gasteiger partial charge in [-0.25, -0.2) is 0 Å². The van der Waals surface area contributed by atoms with Crippen LogP contribution in [-0.4, -0.2) is 28.3 Å². The Morgan fingerprint density at radius 3 is 2.93 bits per heavy atom. The summed E-state index contributed by atoms with van der Waals surface area (Å²) in [6, 6.07) is -1.03. The highest BCUT2D eigenvalue weighted by Gasteiger charge is 2.20. The van der Waals surface area contributed by atoms with Crippen molar-refractivity contribution in [3.05, 3.63) is 12.4 Å². The lowest BCUT2D eigenvalue weighted by Gasteiger charge is -2.16. The maximum atomic E-state index is 10.9. The molecule has 0 bridgehead atoms. The third-order valence-corrected chi connectivity index (χ3v) is 2.15. The summed E-state index contributed by atoms with van der Waals surface area (Å²) in [7, 11) is 0. The number of carbonyl (C=O) groups excluding carboxylic acids is 1. The number of nitrogens with zero attached hydrogens (tertiary/aromatic N) is 2. The fraction of sp³-hybridized carbons (Fsp3) is 0.556. The topological polar surface area (TPSA) is 96.2 Å². The van der Waals surface area contributed by atoms with Crippen molar-refractivity contribution < 1.29 is 9.53 Å². The van der Waals surface area contributed by atoms with Gasteiger partial charge in [-0.05, 0) is 13.8 Å². The number of rotatable bonds is 5. The van der Waals surface area contributed by atoms with Crippen molar-refractivity contribution in [2.24, 2.45) is 11.5 Å². The monoisotopic (exact) mass is 212 g/mol. The average Bonchev–Trinajstić information content (AvgIpc) is 2.64. The van der Waals surface area contributed by atoms with Crippen LogP contribution in [-0.2, 0) is 4.79 Å². The molecule has 0 aliphatic heterocycles. The molecule has 2 atom stereocenters. The highest BCUT2D eigenvalue weighted by molar-refractivity contribution is 5.80. The molecule has 0 saturated heterocycles. The quantitative estimate of drug-likeness (QED) is 0.697. The van der Waals surface area contributed by atoms with E-state index in [1.54, 1.807) is 24.0 Å². The number of amides is 1. The molecule has 6 nitrogen and oxygen atoms in total. The van der Waals surface area contributed by atoms with Gasteiger partial charge in [0.05, 0.1) is 25.0 Å². The maximum absolute atomic E-state index is 10.9. The van der Waals surface area contributed by atoms with Gasteiger partial charge in [0.15, 0.2) is 5.75 Å². The maximum Gasteiger partial charge on any atom is 0.236 e. The first-order valence-corrected chi connectivity index (χ1v) is 4.78. The second-order valence-corrected chi connectivity index (χ2v) is 3.26. The van der Waals surface area contributed by atoms with E-state index >= 15 is 0 Å². The van der Waals surface area contributed by atoms with Crippen LogP contribution in [0.2, 0.25) is 0 Å². The Morgan fingerprint density at radius 1 is 1.73 bits per heavy atom. The van der Waals surface area contributed by atoms with Gasteiger partial charge in [0.25, 0.3) is 0 Å². The molecule has 84 valence electrons. The zero-order chi connectivity index (χ0) is 11.4. The van der Waals surface area contributed by atoms with Gasteiger partial charge in [-0.1, -0.05) is 0 Å². The molecule has 6 heteroatoms. The minimum atomic E-state index is -0.751. The second kappa shape index (κ2) is 4.79. The first-order valence-electron chi connectivity index (χ1n) is 4.78. The number of carbonyl (C=O) groups is 1. The van der Waals surface area contributed by atoms with E-state index in [0.717, 1.165) is 0 Å². The highest BCUT2D eigenvalue weighted by atomic mass is 16.5. The Bertz CT molecular complexity index is 337. The van der Waals surface area contributed by atoms with Crippen LogP contribution < -0.4 is 16.2 Å². The SMILES string of the molecule is CCOc1cnn(C(C)C(N)C(N)=O)c1. The van der Waals surface area contributed by atoms with Gasteiger partial charge in [0, 0.05) is 0 Å². The van der Waals surface area contributed by atoms with E-state index in [9.17, 15) is 4.79 Å². The molecule has 1 aromatic heterocycles. The van der Waals surface area contributed by atoms with Gasteiger partial charge >= 0.3 is 0 Å². The van der Waals surface area contributed by atoms with Crippen molar-refractivity contribution in [2.75, 3.05) is 6.61 Å². The molecule has 0 fully saturated rings. The number of aromatic nitrogens is 2. The average molecular weight is 212 g/mol. The van der Waals surface area contributed by atoms with Crippen LogP contribution in [0.25, 0.3) is 0 Å². The van der Waals surface area contributed by atoms with Crippen LogP contribution in [0.5, 0.6) is 5.75 Å². The molecule has 1 rings (SSSR count). The van der Waals surface area contributed by atoms with Crippen molar-refractivity contribution in [1.82, 2.24) is 9.78 Å². The summed E-state index contributed by atoms with van der Waals surface area (Å²) in [5.74, 6) is 0.108. The Morgan fingerprint density at radius 2 is 2.40 bits per heavy atom. The number of hydrogen-bond acceptors (Lipinski definition) is 4. The fourth-order valence-electron chi connectivity index (χ4n) is 1.19. The van der Waals surface area contributed by atoms with Gasteiger partial charge in [-0.3, -0.25) is 9.48 Å². The van der Waals surface area contributed by atoms with Crippen molar-refractivity contribution in [3.63, 3.8) is 0 Å². The van der Waals surface area contributed by atoms with Gasteiger partial charge in [-0.15, -0.1) is 0 Å². The summed E-state index contributed by atoms with van der Waals surface area (Å²) in [5, 5.41) is 4.04. The number of nitrogens with two attached hydrogens (primary N) is 2. The lowest BCUT2D eigenvalue weighted by Crippen LogP contribution is -2.42. The summed E-state index contributed by atoms with van der Waals surface area (Å²) in [6.45, 7) is 4.23. The summed E-state index contributed by atoms with van der Waals surface area (Å²) < 4.78 is 6.81. The van der Waals surface area contributed by atoms with Crippen molar-refractivity contribution in [3.8, 4) is 5.75 Å². The van der Waals surface area contributed by atoms with Crippen LogP contribution in [0.15, 0.2) is 12.4 Å². The van der Waals surface area contributed by atoms with E-state index in [0.29, 0.717) is 12.4 Å². The molecule has 15 heavy (non-hydrogen) atoms. The van der Waals surface area contributed by atoms with Gasteiger partial charge in [0.1, 0.15) is 6.04 Å². The summed E-state index contributed by atoms with van der Waals surface area (Å²) in [5.41, 5.74) is 10.7. The van der Waals surface area contributed by atoms with Crippen LogP contribution in [0, 0.1) is 0 Å². The molecule has 1 aromatic rings. The van der Waals surface area contributed by atoms with Crippen LogP contribution in [0.3, 0.4) is 0 Å². The predicted octanol–water partition coefficient (Wildman–Crippen LogP) is -0.345. The molecule has 0 aromatic carbocycles. The Kier molecular flexibility index (Phi) is 3.68. The minimum absolute atomic E-state index is 0.281. The van der Waals surface area contributed by atoms with E-state index < -0.39 is 11.9 Å². The molecule has 1 amide bonds. The molecule has 0 radical (unpaired) electrons. The van der Waals surface area contributed by atoms with E-state index in [2.05, 4.69) is 5.10 Å². The Labute approximate surface area is 88.2 Å². The largest absolute Gasteiger partial charge is 0.491 e. The lowest BCUT2D eigenvalue weighted by atomic mass is 10.1. The van der Waals surface area contributed by atoms with Crippen molar-refractivity contribution in [2.45, 2.75) is 25.9 Å². The highest BCUT2D eigenvalue weighted by Crippen LogP contribution is 2.14. The summed E-state index contributed by atoms with van der Waals surface area (Å²) >= 11 is 0. The summed E-state index contributed by atoms with van der Waals surface area (Å²) in [4.78, 5) is 10.9. The molecule has 0 saturated carbocycles. The molecular formula is C9H16N4O2. The fourth-order valence-corrected chi connectivity index (χ4v) is 1.19. The van der Waals surface area contributed by atoms with Crippen molar-refractivity contribution in [1.29, 1.82) is 0 Å². The van der Waals surface area contributed by atoms with Crippen LogP contribution in [0.1, 0.15) is 19.9 Å². The third-order valence-electron chi connectivity index (χ3n) is 2.15. The van der Waals surface area contributed by atoms with E-state index in [1.807, 2.05) is 6.92 Å². The third kappa shape index (κ3) is 2.69. The molecule has 4 N–H and O–H groups in total. The van der Waals surface area contributed by atoms with Gasteiger partial charge in [0.2, 0.25) is 5.91 Å². The molecule has 1 heterocycles. The predicted molar refractivity (Wildman–Crippen MR) is 55.3 cm³/mol. The molecule has 2 unspecified atom stereocenters. The lowest BCUT2D eigenvalue weighted by molar-refractivity contribution is -0.120. The Hall–Kier alpha value is -1.56. The molecular weight excluding hydrogens is 196 g/mol. The van der Waals surface area contributed by atoms with Crippen LogP contribution >= 0.6 is 0 Å². The molecule has 0 aliphatic rings. The Balaban J connectivity index is 2.73. The molecule has 0 aliphatic carbocycles. The second-order valence-electron chi connectivity index (χ2n) is 3.26. The van der Waals surface area contributed by atoms with Gasteiger partial charge < -0.3 is 16.2 Å². The minimum Gasteiger partial charge on any atom is -0.491 e. The van der Waals surface area contributed by atoms with Gasteiger partial charge in [-0.2, -0.15) is 5.10 Å². The normalized spacial score (nSPS) is 14.6. The zero-order valence-electron chi connectivity index (χ0n) is 8.88. The van der Waals surface area contributed by atoms with Crippen molar-refractivity contribution >= 4 is 5.91 Å². The smallest absolute Gasteiger partial charge is 0.236 e.